The largest absolute Gasteiger partial charge is 0.507 e. The van der Waals surface area contributed by atoms with Crippen LogP contribution in [-0.4, -0.2) is 32.0 Å². The topological polar surface area (TPSA) is 122 Å². The fourth-order valence-electron chi connectivity index (χ4n) is 2.72. The number of phenols is 1. The lowest BCUT2D eigenvalue weighted by atomic mass is 10.2. The predicted octanol–water partition coefficient (Wildman–Crippen LogP) is 3.08. The van der Waals surface area contributed by atoms with E-state index in [1.54, 1.807) is 30.3 Å². The summed E-state index contributed by atoms with van der Waals surface area (Å²) in [4.78, 5) is 23.8. The molecule has 0 radical (unpaired) electrons. The van der Waals surface area contributed by atoms with Crippen LogP contribution >= 0.6 is 0 Å². The highest BCUT2D eigenvalue weighted by Gasteiger charge is 2.21. The van der Waals surface area contributed by atoms with Crippen molar-refractivity contribution in [3.63, 3.8) is 0 Å². The third kappa shape index (κ3) is 5.91. The van der Waals surface area contributed by atoms with Crippen molar-refractivity contribution >= 4 is 27.6 Å². The van der Waals surface area contributed by atoms with Gasteiger partial charge >= 0.3 is 5.97 Å². The quantitative estimate of drug-likeness (QED) is 0.327. The van der Waals surface area contributed by atoms with Crippen LogP contribution < -0.4 is 10.0 Å². The molecule has 0 saturated heterocycles. The van der Waals surface area contributed by atoms with E-state index in [2.05, 4.69) is 4.72 Å². The smallest absolute Gasteiger partial charge is 0.342 e. The molecular weight excluding hydrogens is 477 g/mol. The molecule has 0 heterocycles. The average Bonchev–Trinajstić information content (AvgIpc) is 2.82. The van der Waals surface area contributed by atoms with E-state index < -0.39 is 63.0 Å². The number of phenolic OH excluding ortho intramolecular Hbond substituents is 1. The zero-order chi connectivity index (χ0) is 24.9. The number of sulfonamides is 1. The van der Waals surface area contributed by atoms with Crippen LogP contribution in [0.2, 0.25) is 0 Å². The molecule has 0 aromatic heterocycles. The number of ether oxygens (including phenoxy) is 1. The summed E-state index contributed by atoms with van der Waals surface area (Å²) in [7, 11) is -4.07. The number of halogens is 3. The number of amides is 1. The van der Waals surface area contributed by atoms with Crippen LogP contribution in [0.15, 0.2) is 65.6 Å². The van der Waals surface area contributed by atoms with E-state index in [0.717, 1.165) is 24.3 Å². The van der Waals surface area contributed by atoms with Crippen molar-refractivity contribution in [3.05, 3.63) is 89.2 Å². The second-order valence-corrected chi connectivity index (χ2v) is 8.60. The van der Waals surface area contributed by atoms with Gasteiger partial charge in [-0.15, -0.1) is 0 Å². The lowest BCUT2D eigenvalue weighted by Crippen LogP contribution is -2.24. The molecular formula is C22H17F3N2O6S. The van der Waals surface area contributed by atoms with Crippen LogP contribution in [0.25, 0.3) is 0 Å². The Hall–Kier alpha value is -3.90. The Morgan fingerprint density at radius 3 is 2.35 bits per heavy atom. The van der Waals surface area contributed by atoms with Gasteiger partial charge in [0, 0.05) is 6.54 Å². The van der Waals surface area contributed by atoms with Gasteiger partial charge in [0.15, 0.2) is 24.1 Å². The Morgan fingerprint density at radius 1 is 0.941 bits per heavy atom. The zero-order valence-corrected chi connectivity index (χ0v) is 18.0. The van der Waals surface area contributed by atoms with Gasteiger partial charge < -0.3 is 15.2 Å². The van der Waals surface area contributed by atoms with Gasteiger partial charge in [-0.2, -0.15) is 0 Å². The number of hydrogen-bond donors (Lipinski definition) is 3. The molecule has 8 nitrogen and oxygen atoms in total. The monoisotopic (exact) mass is 494 g/mol. The maximum Gasteiger partial charge on any atom is 0.342 e. The molecule has 0 saturated carbocycles. The van der Waals surface area contributed by atoms with E-state index in [4.69, 9.17) is 4.74 Å². The van der Waals surface area contributed by atoms with Crippen LogP contribution in [0.1, 0.15) is 15.9 Å². The Kier molecular flexibility index (Phi) is 7.54. The summed E-state index contributed by atoms with van der Waals surface area (Å²) in [6, 6.07) is 12.9. The van der Waals surface area contributed by atoms with Gasteiger partial charge in [0.1, 0.15) is 11.3 Å². The summed E-state index contributed by atoms with van der Waals surface area (Å²) in [5.74, 6) is -7.84. The predicted molar refractivity (Wildman–Crippen MR) is 114 cm³/mol. The van der Waals surface area contributed by atoms with Gasteiger partial charge in [-0.25, -0.2) is 31.1 Å². The van der Waals surface area contributed by atoms with Crippen molar-refractivity contribution in [1.82, 2.24) is 4.72 Å². The number of carbonyl (C=O) groups is 2. The van der Waals surface area contributed by atoms with Crippen LogP contribution in [0.5, 0.6) is 5.75 Å². The van der Waals surface area contributed by atoms with Crippen molar-refractivity contribution in [2.75, 3.05) is 11.9 Å². The molecule has 0 atom stereocenters. The molecule has 0 fully saturated rings. The Labute approximate surface area is 192 Å². The summed E-state index contributed by atoms with van der Waals surface area (Å²) in [6.45, 7) is -1.01. The van der Waals surface area contributed by atoms with Crippen LogP contribution in [-0.2, 0) is 26.1 Å². The van der Waals surface area contributed by atoms with Crippen molar-refractivity contribution in [3.8, 4) is 5.75 Å². The van der Waals surface area contributed by atoms with Crippen LogP contribution in [0.4, 0.5) is 18.9 Å². The van der Waals surface area contributed by atoms with Gasteiger partial charge in [0.25, 0.3) is 5.91 Å². The molecule has 3 rings (SSSR count). The minimum atomic E-state index is -4.07. The number of aromatic hydroxyl groups is 1. The second-order valence-electron chi connectivity index (χ2n) is 6.84. The molecule has 3 aromatic rings. The SMILES string of the molecule is O=C(COC(=O)c1cc(S(=O)(=O)NCc2ccccc2)ccc1O)Nc1ccc(F)c(F)c1F. The fraction of sp³-hybridized carbons (Fsp3) is 0.0909. The molecule has 0 aliphatic carbocycles. The first-order valence-electron chi connectivity index (χ1n) is 9.55. The Bertz CT molecular complexity index is 1330. The van der Waals surface area contributed by atoms with E-state index in [-0.39, 0.29) is 11.4 Å². The van der Waals surface area contributed by atoms with Gasteiger partial charge in [0.05, 0.1) is 10.6 Å². The maximum atomic E-state index is 13.6. The first-order valence-corrected chi connectivity index (χ1v) is 11.0. The summed E-state index contributed by atoms with van der Waals surface area (Å²) < 4.78 is 72.0. The number of esters is 1. The van der Waals surface area contributed by atoms with Gasteiger partial charge in [-0.3, -0.25) is 4.79 Å². The highest BCUT2D eigenvalue weighted by molar-refractivity contribution is 7.89. The summed E-state index contributed by atoms with van der Waals surface area (Å²) in [6.07, 6.45) is 0. The van der Waals surface area contributed by atoms with Crippen molar-refractivity contribution < 1.29 is 41.0 Å². The molecule has 0 aliphatic heterocycles. The van der Waals surface area contributed by atoms with Gasteiger partial charge in [-0.05, 0) is 35.9 Å². The number of benzene rings is 3. The summed E-state index contributed by atoms with van der Waals surface area (Å²) in [5, 5.41) is 11.8. The zero-order valence-electron chi connectivity index (χ0n) is 17.2. The standard InChI is InChI=1S/C22H17F3N2O6S/c23-16-7-8-17(21(25)20(16)24)27-19(29)12-33-22(30)15-10-14(6-9-18(15)28)34(31,32)26-11-13-4-2-1-3-5-13/h1-10,26,28H,11-12H2,(H,27,29). The molecule has 34 heavy (non-hydrogen) atoms. The lowest BCUT2D eigenvalue weighted by molar-refractivity contribution is -0.119. The fourth-order valence-corrected chi connectivity index (χ4v) is 3.76. The normalized spacial score (nSPS) is 11.1. The highest BCUT2D eigenvalue weighted by atomic mass is 32.2. The van der Waals surface area contributed by atoms with E-state index >= 15 is 0 Å². The minimum Gasteiger partial charge on any atom is -0.507 e. The third-order valence-corrected chi connectivity index (χ3v) is 5.85. The van der Waals surface area contributed by atoms with E-state index in [1.165, 1.54) is 0 Å². The van der Waals surface area contributed by atoms with Crippen molar-refractivity contribution in [1.29, 1.82) is 0 Å². The molecule has 3 aromatic carbocycles. The van der Waals surface area contributed by atoms with E-state index in [1.807, 2.05) is 5.32 Å². The van der Waals surface area contributed by atoms with Gasteiger partial charge in [0.2, 0.25) is 10.0 Å². The Balaban J connectivity index is 1.66. The van der Waals surface area contributed by atoms with Crippen LogP contribution in [0.3, 0.4) is 0 Å². The number of rotatable bonds is 8. The van der Waals surface area contributed by atoms with E-state index in [9.17, 15) is 36.3 Å². The highest BCUT2D eigenvalue weighted by Crippen LogP contribution is 2.23. The molecule has 0 unspecified atom stereocenters. The maximum absolute atomic E-state index is 13.6. The van der Waals surface area contributed by atoms with E-state index in [0.29, 0.717) is 11.6 Å². The first-order chi connectivity index (χ1) is 16.1. The molecule has 12 heteroatoms. The second kappa shape index (κ2) is 10.4. The summed E-state index contributed by atoms with van der Waals surface area (Å²) >= 11 is 0. The lowest BCUT2D eigenvalue weighted by Gasteiger charge is -2.11. The Morgan fingerprint density at radius 2 is 1.65 bits per heavy atom. The molecule has 0 aliphatic rings. The van der Waals surface area contributed by atoms with Gasteiger partial charge in [-0.1, -0.05) is 30.3 Å². The molecule has 1 amide bonds. The number of carbonyl (C=O) groups excluding carboxylic acids is 2. The summed E-state index contributed by atoms with van der Waals surface area (Å²) in [5.41, 5.74) is -0.539. The average molecular weight is 494 g/mol. The third-order valence-electron chi connectivity index (χ3n) is 4.45. The molecule has 178 valence electrons. The molecule has 0 spiro atoms. The molecule has 0 bridgehead atoms. The van der Waals surface area contributed by atoms with Crippen LogP contribution in [0, 0.1) is 17.5 Å². The number of anilines is 1. The minimum absolute atomic E-state index is 0.0233. The molecule has 3 N–H and O–H groups in total. The number of hydrogen-bond acceptors (Lipinski definition) is 6. The number of nitrogens with one attached hydrogen (secondary N) is 2. The van der Waals surface area contributed by atoms with Crippen molar-refractivity contribution in [2.24, 2.45) is 0 Å². The first kappa shape index (κ1) is 24.7. The van der Waals surface area contributed by atoms with Crippen molar-refractivity contribution in [2.45, 2.75) is 11.4 Å².